The lowest BCUT2D eigenvalue weighted by Crippen LogP contribution is -2.53. The van der Waals surface area contributed by atoms with Crippen LogP contribution in [0.3, 0.4) is 0 Å². The molecule has 0 radical (unpaired) electrons. The van der Waals surface area contributed by atoms with Gasteiger partial charge >= 0.3 is 0 Å². The first-order valence-corrected chi connectivity index (χ1v) is 8.79. The first kappa shape index (κ1) is 22.2. The lowest BCUT2D eigenvalue weighted by atomic mass is 10.1. The number of hydrogen-bond donors (Lipinski definition) is 2. The first-order chi connectivity index (χ1) is 13.1. The number of carbonyl (C=O) groups excluding carboxylic acids is 1. The van der Waals surface area contributed by atoms with Crippen molar-refractivity contribution in [2.75, 3.05) is 33.2 Å². The first-order valence-electron chi connectivity index (χ1n) is 8.79. The number of aliphatic hydroxyl groups excluding tert-OH is 1. The van der Waals surface area contributed by atoms with Gasteiger partial charge in [0.25, 0.3) is 5.91 Å². The molecule has 2 heterocycles. The average molecular weight is 502 g/mol. The number of rotatable bonds is 4. The molecule has 0 atom stereocenters. The van der Waals surface area contributed by atoms with E-state index in [9.17, 15) is 14.3 Å². The van der Waals surface area contributed by atoms with Crippen molar-refractivity contribution in [2.45, 2.75) is 13.2 Å². The summed E-state index contributed by atoms with van der Waals surface area (Å²) < 4.78 is 18.7. The van der Waals surface area contributed by atoms with E-state index in [-0.39, 0.29) is 42.1 Å². The summed E-state index contributed by atoms with van der Waals surface area (Å²) in [4.78, 5) is 20.4. The molecular formula is C19H24FIN4O3. The normalized spacial score (nSPS) is 14.6. The van der Waals surface area contributed by atoms with Crippen LogP contribution in [0.1, 0.15) is 21.7 Å². The molecule has 2 aromatic rings. The van der Waals surface area contributed by atoms with Gasteiger partial charge in [-0.05, 0) is 29.8 Å². The van der Waals surface area contributed by atoms with E-state index in [0.29, 0.717) is 38.5 Å². The summed E-state index contributed by atoms with van der Waals surface area (Å²) in [6.45, 7) is 2.58. The van der Waals surface area contributed by atoms with Crippen LogP contribution in [0.4, 0.5) is 4.39 Å². The van der Waals surface area contributed by atoms with E-state index in [0.717, 1.165) is 11.5 Å². The highest BCUT2D eigenvalue weighted by molar-refractivity contribution is 14.0. The van der Waals surface area contributed by atoms with Crippen molar-refractivity contribution in [3.8, 4) is 0 Å². The van der Waals surface area contributed by atoms with Gasteiger partial charge in [-0.2, -0.15) is 0 Å². The van der Waals surface area contributed by atoms with Crippen LogP contribution in [0.25, 0.3) is 0 Å². The van der Waals surface area contributed by atoms with E-state index in [2.05, 4.69) is 15.2 Å². The number of nitrogens with zero attached hydrogens (tertiary/aromatic N) is 3. The quantitative estimate of drug-likeness (QED) is 0.380. The lowest BCUT2D eigenvalue weighted by molar-refractivity contribution is 0.0657. The molecule has 3 rings (SSSR count). The molecule has 0 saturated carbocycles. The Hall–Kier alpha value is -2.14. The van der Waals surface area contributed by atoms with Crippen LogP contribution in [0.2, 0.25) is 0 Å². The van der Waals surface area contributed by atoms with Gasteiger partial charge in [-0.1, -0.05) is 6.07 Å². The van der Waals surface area contributed by atoms with E-state index < -0.39 is 5.82 Å². The summed E-state index contributed by atoms with van der Waals surface area (Å²) in [5.74, 6) is 0.547. The second-order valence-electron chi connectivity index (χ2n) is 6.24. The third kappa shape index (κ3) is 5.22. The summed E-state index contributed by atoms with van der Waals surface area (Å²) in [7, 11) is 1.70. The molecule has 0 spiro atoms. The number of aliphatic hydroxyl groups is 1. The zero-order valence-corrected chi connectivity index (χ0v) is 17.9. The van der Waals surface area contributed by atoms with Gasteiger partial charge in [0.1, 0.15) is 5.82 Å². The van der Waals surface area contributed by atoms with E-state index in [1.54, 1.807) is 36.2 Å². The van der Waals surface area contributed by atoms with Crippen LogP contribution in [-0.2, 0) is 13.2 Å². The van der Waals surface area contributed by atoms with Gasteiger partial charge in [-0.3, -0.25) is 9.79 Å². The maximum absolute atomic E-state index is 13.5. The molecule has 28 heavy (non-hydrogen) atoms. The van der Waals surface area contributed by atoms with Crippen LogP contribution in [0, 0.1) is 5.82 Å². The summed E-state index contributed by atoms with van der Waals surface area (Å²) in [6.07, 6.45) is 1.49. The van der Waals surface area contributed by atoms with Gasteiger partial charge in [0, 0.05) is 45.3 Å². The SMILES string of the molecule is CN=C(NCc1ccc(F)c(CO)c1)N1CCN(C(=O)c2ccco2)CC1.I. The Labute approximate surface area is 180 Å². The lowest BCUT2D eigenvalue weighted by Gasteiger charge is -2.36. The fourth-order valence-electron chi connectivity index (χ4n) is 3.05. The third-order valence-electron chi connectivity index (χ3n) is 4.54. The Kier molecular flexibility index (Phi) is 8.24. The topological polar surface area (TPSA) is 81.3 Å². The Morgan fingerprint density at radius 1 is 1.25 bits per heavy atom. The zero-order chi connectivity index (χ0) is 19.2. The second-order valence-corrected chi connectivity index (χ2v) is 6.24. The molecule has 1 aliphatic heterocycles. The molecule has 1 amide bonds. The molecule has 0 unspecified atom stereocenters. The van der Waals surface area contributed by atoms with Crippen molar-refractivity contribution in [1.29, 1.82) is 0 Å². The van der Waals surface area contributed by atoms with Gasteiger partial charge in [-0.15, -0.1) is 24.0 Å². The van der Waals surface area contributed by atoms with Gasteiger partial charge in [0.2, 0.25) is 0 Å². The average Bonchev–Trinajstić information content (AvgIpc) is 3.24. The minimum atomic E-state index is -0.414. The number of aliphatic imine (C=N–C) groups is 1. The number of amides is 1. The summed E-state index contributed by atoms with van der Waals surface area (Å²) in [6, 6.07) is 8.03. The molecule has 1 aliphatic rings. The minimum Gasteiger partial charge on any atom is -0.459 e. The van der Waals surface area contributed by atoms with Crippen molar-refractivity contribution in [2.24, 2.45) is 4.99 Å². The van der Waals surface area contributed by atoms with Crippen LogP contribution in [-0.4, -0.2) is 60.0 Å². The zero-order valence-electron chi connectivity index (χ0n) is 15.6. The predicted molar refractivity (Wildman–Crippen MR) is 114 cm³/mol. The second kappa shape index (κ2) is 10.4. The Balaban J connectivity index is 0.00000280. The maximum Gasteiger partial charge on any atom is 0.289 e. The largest absolute Gasteiger partial charge is 0.459 e. The van der Waals surface area contributed by atoms with Crippen molar-refractivity contribution in [3.05, 3.63) is 59.3 Å². The molecule has 9 heteroatoms. The number of guanidine groups is 1. The fourth-order valence-corrected chi connectivity index (χ4v) is 3.05. The van der Waals surface area contributed by atoms with Crippen molar-refractivity contribution >= 4 is 35.8 Å². The van der Waals surface area contributed by atoms with Crippen LogP contribution in [0.15, 0.2) is 46.0 Å². The molecule has 1 aromatic heterocycles. The molecule has 1 aromatic carbocycles. The van der Waals surface area contributed by atoms with Crippen LogP contribution < -0.4 is 5.32 Å². The van der Waals surface area contributed by atoms with Gasteiger partial charge in [-0.25, -0.2) is 4.39 Å². The highest BCUT2D eigenvalue weighted by atomic mass is 127. The number of nitrogens with one attached hydrogen (secondary N) is 1. The Morgan fingerprint density at radius 2 is 1.96 bits per heavy atom. The van der Waals surface area contributed by atoms with E-state index in [4.69, 9.17) is 4.42 Å². The molecule has 0 aliphatic carbocycles. The summed E-state index contributed by atoms with van der Waals surface area (Å²) in [5, 5.41) is 12.4. The number of carbonyl (C=O) groups is 1. The monoisotopic (exact) mass is 502 g/mol. The molecule has 2 N–H and O–H groups in total. The highest BCUT2D eigenvalue weighted by Gasteiger charge is 2.25. The predicted octanol–water partition coefficient (Wildman–Crippen LogP) is 2.06. The summed E-state index contributed by atoms with van der Waals surface area (Å²) >= 11 is 0. The Morgan fingerprint density at radius 3 is 2.57 bits per heavy atom. The minimum absolute atomic E-state index is 0. The van der Waals surface area contributed by atoms with Gasteiger partial charge in [0.15, 0.2) is 11.7 Å². The summed E-state index contributed by atoms with van der Waals surface area (Å²) in [5.41, 5.74) is 1.13. The van der Waals surface area contributed by atoms with Crippen molar-refractivity contribution in [1.82, 2.24) is 15.1 Å². The maximum atomic E-state index is 13.5. The third-order valence-corrected chi connectivity index (χ3v) is 4.54. The van der Waals surface area contributed by atoms with E-state index in [1.807, 2.05) is 0 Å². The van der Waals surface area contributed by atoms with Crippen LogP contribution in [0.5, 0.6) is 0 Å². The number of benzene rings is 1. The van der Waals surface area contributed by atoms with Crippen molar-refractivity contribution in [3.63, 3.8) is 0 Å². The van der Waals surface area contributed by atoms with Gasteiger partial charge < -0.3 is 24.6 Å². The number of halogens is 2. The molecule has 0 bridgehead atoms. The molecule has 1 fully saturated rings. The van der Waals surface area contributed by atoms with Crippen molar-refractivity contribution < 1.29 is 18.7 Å². The molecule has 1 saturated heterocycles. The van der Waals surface area contributed by atoms with Gasteiger partial charge in [0.05, 0.1) is 12.9 Å². The molecule has 152 valence electrons. The smallest absolute Gasteiger partial charge is 0.289 e. The molecule has 7 nitrogen and oxygen atoms in total. The standard InChI is InChI=1S/C19H23FN4O3.HI/c1-21-19(22-12-14-4-5-16(20)15(11-14)13-25)24-8-6-23(7-9-24)18(26)17-3-2-10-27-17;/h2-5,10-11,25H,6-9,12-13H2,1H3,(H,21,22);1H. The highest BCUT2D eigenvalue weighted by Crippen LogP contribution is 2.12. The number of hydrogen-bond acceptors (Lipinski definition) is 4. The fraction of sp³-hybridized carbons (Fsp3) is 0.368. The molecular weight excluding hydrogens is 478 g/mol. The number of furan rings is 1. The van der Waals surface area contributed by atoms with E-state index in [1.165, 1.54) is 12.3 Å². The van der Waals surface area contributed by atoms with Crippen LogP contribution >= 0.6 is 24.0 Å². The van der Waals surface area contributed by atoms with E-state index >= 15 is 0 Å². The number of piperazine rings is 1. The Bertz CT molecular complexity index is 806.